The molecule has 0 saturated heterocycles. The molecule has 0 aromatic heterocycles. The van der Waals surface area contributed by atoms with Crippen molar-refractivity contribution < 1.29 is 19.7 Å². The maximum atomic E-state index is 13.1. The maximum absolute atomic E-state index is 13.1. The van der Waals surface area contributed by atoms with Crippen LogP contribution >= 0.6 is 0 Å². The van der Waals surface area contributed by atoms with Crippen LogP contribution in [0.2, 0.25) is 0 Å². The summed E-state index contributed by atoms with van der Waals surface area (Å²) in [5.41, 5.74) is 5.21. The molecule has 1 unspecified atom stereocenters. The Morgan fingerprint density at radius 2 is 1.95 bits per heavy atom. The molecule has 2 aromatic carbocycles. The Balaban J connectivity index is 1.85. The van der Waals surface area contributed by atoms with Crippen LogP contribution in [-0.4, -0.2) is 11.9 Å². The van der Waals surface area contributed by atoms with Crippen LogP contribution in [0.4, 0.5) is 4.39 Å². The van der Waals surface area contributed by atoms with Crippen LogP contribution in [0.5, 0.6) is 5.75 Å². The second-order valence-electron chi connectivity index (χ2n) is 5.13. The van der Waals surface area contributed by atoms with Crippen molar-refractivity contribution in [3.05, 3.63) is 65.5 Å². The summed E-state index contributed by atoms with van der Waals surface area (Å²) in [7, 11) is 0. The minimum Gasteiger partial charge on any atom is -0.489 e. The first-order chi connectivity index (χ1) is 10.5. The molecule has 2 rings (SSSR count). The number of halogens is 1. The van der Waals surface area contributed by atoms with E-state index in [2.05, 4.69) is 11.1 Å². The Labute approximate surface area is 129 Å². The summed E-state index contributed by atoms with van der Waals surface area (Å²) >= 11 is 0. The Kier molecular flexibility index (Phi) is 5.63. The number of hydrogen-bond donors (Lipinski definition) is 2. The predicted molar refractivity (Wildman–Crippen MR) is 81.4 cm³/mol. The molecule has 0 radical (unpaired) electrons. The van der Waals surface area contributed by atoms with Crippen molar-refractivity contribution in [3.63, 3.8) is 0 Å². The molecule has 0 aliphatic carbocycles. The van der Waals surface area contributed by atoms with E-state index in [1.165, 1.54) is 12.1 Å². The normalized spacial score (nSPS) is 12.0. The summed E-state index contributed by atoms with van der Waals surface area (Å²) in [6.07, 6.45) is 0. The Morgan fingerprint density at radius 1 is 1.23 bits per heavy atom. The number of rotatable bonds is 7. The van der Waals surface area contributed by atoms with Crippen molar-refractivity contribution in [2.24, 2.45) is 0 Å². The van der Waals surface area contributed by atoms with Crippen LogP contribution in [0, 0.1) is 5.82 Å². The van der Waals surface area contributed by atoms with E-state index in [4.69, 9.17) is 4.74 Å². The van der Waals surface area contributed by atoms with Crippen LogP contribution < -0.4 is 15.8 Å². The second-order valence-corrected chi connectivity index (χ2v) is 5.13. The van der Waals surface area contributed by atoms with Crippen LogP contribution in [0.15, 0.2) is 48.5 Å². The summed E-state index contributed by atoms with van der Waals surface area (Å²) in [4.78, 5) is 11.0. The SMILES string of the molecule is CC(NCc1ccc(OCc2cccc(F)c2)cc1)C([NH3+])=O. The van der Waals surface area contributed by atoms with Crippen molar-refractivity contribution in [2.75, 3.05) is 0 Å². The van der Waals surface area contributed by atoms with Gasteiger partial charge in [-0.1, -0.05) is 24.3 Å². The number of carbonyl (C=O) groups excluding carboxylic acids is 1. The first kappa shape index (κ1) is 16.1. The van der Waals surface area contributed by atoms with E-state index >= 15 is 0 Å². The highest BCUT2D eigenvalue weighted by Crippen LogP contribution is 2.14. The Morgan fingerprint density at radius 3 is 2.59 bits per heavy atom. The molecule has 0 bridgehead atoms. The van der Waals surface area contributed by atoms with E-state index in [-0.39, 0.29) is 17.8 Å². The molecule has 0 spiro atoms. The highest BCUT2D eigenvalue weighted by Gasteiger charge is 2.10. The van der Waals surface area contributed by atoms with Gasteiger partial charge in [0.15, 0.2) is 0 Å². The van der Waals surface area contributed by atoms with E-state index in [0.717, 1.165) is 11.1 Å². The van der Waals surface area contributed by atoms with Gasteiger partial charge >= 0.3 is 5.91 Å². The molecule has 0 heterocycles. The molecule has 0 fully saturated rings. The number of carbonyl (C=O) groups is 1. The van der Waals surface area contributed by atoms with Crippen LogP contribution in [-0.2, 0) is 17.9 Å². The zero-order chi connectivity index (χ0) is 15.9. The van der Waals surface area contributed by atoms with Crippen molar-refractivity contribution in [3.8, 4) is 5.75 Å². The molecule has 4 nitrogen and oxygen atoms in total. The lowest BCUT2D eigenvalue weighted by Crippen LogP contribution is -2.64. The van der Waals surface area contributed by atoms with Gasteiger partial charge in [-0.3, -0.25) is 11.1 Å². The third-order valence-corrected chi connectivity index (χ3v) is 3.31. The number of hydrogen-bond acceptors (Lipinski definition) is 3. The van der Waals surface area contributed by atoms with E-state index in [0.29, 0.717) is 18.9 Å². The van der Waals surface area contributed by atoms with Crippen molar-refractivity contribution in [2.45, 2.75) is 26.1 Å². The molecule has 5 heteroatoms. The molecule has 0 aliphatic heterocycles. The van der Waals surface area contributed by atoms with Gasteiger partial charge in [-0.2, -0.15) is 0 Å². The van der Waals surface area contributed by atoms with Crippen LogP contribution in [0.25, 0.3) is 0 Å². The molecule has 1 atom stereocenters. The number of quaternary nitrogens is 1. The second kappa shape index (κ2) is 7.68. The lowest BCUT2D eigenvalue weighted by atomic mass is 10.2. The van der Waals surface area contributed by atoms with Crippen molar-refractivity contribution in [1.82, 2.24) is 5.32 Å². The Bertz CT molecular complexity index is 629. The third kappa shape index (κ3) is 4.95. The molecule has 2 aromatic rings. The Hall–Kier alpha value is -2.24. The van der Waals surface area contributed by atoms with Gasteiger partial charge in [0.1, 0.15) is 24.2 Å². The topological polar surface area (TPSA) is 66.0 Å². The molecule has 0 aliphatic rings. The first-order valence-corrected chi connectivity index (χ1v) is 7.10. The summed E-state index contributed by atoms with van der Waals surface area (Å²) < 4.78 is 18.7. The maximum Gasteiger partial charge on any atom is 0.325 e. The van der Waals surface area contributed by atoms with Gasteiger partial charge in [0, 0.05) is 6.54 Å². The monoisotopic (exact) mass is 303 g/mol. The summed E-state index contributed by atoms with van der Waals surface area (Å²) in [5.74, 6) is 0.320. The van der Waals surface area contributed by atoms with Gasteiger partial charge in [-0.15, -0.1) is 0 Å². The van der Waals surface area contributed by atoms with E-state index < -0.39 is 0 Å². The van der Waals surface area contributed by atoms with Crippen LogP contribution in [0.3, 0.4) is 0 Å². The number of ether oxygens (including phenoxy) is 1. The van der Waals surface area contributed by atoms with E-state index in [9.17, 15) is 9.18 Å². The molecule has 22 heavy (non-hydrogen) atoms. The minimum absolute atomic E-state index is 0.130. The zero-order valence-corrected chi connectivity index (χ0v) is 12.5. The minimum atomic E-state index is -0.267. The fourth-order valence-electron chi connectivity index (χ4n) is 1.88. The average Bonchev–Trinajstić information content (AvgIpc) is 2.51. The highest BCUT2D eigenvalue weighted by molar-refractivity contribution is 5.70. The third-order valence-electron chi connectivity index (χ3n) is 3.31. The zero-order valence-electron chi connectivity index (χ0n) is 12.5. The predicted octanol–water partition coefficient (Wildman–Crippen LogP) is 1.65. The van der Waals surface area contributed by atoms with E-state index in [1.807, 2.05) is 30.3 Å². The number of benzene rings is 2. The van der Waals surface area contributed by atoms with Gasteiger partial charge in [0.2, 0.25) is 0 Å². The van der Waals surface area contributed by atoms with Crippen LogP contribution in [0.1, 0.15) is 18.1 Å². The largest absolute Gasteiger partial charge is 0.489 e. The summed E-state index contributed by atoms with van der Waals surface area (Å²) in [5, 5.41) is 3.09. The fourth-order valence-corrected chi connectivity index (χ4v) is 1.88. The molecular formula is C17H20FN2O2+. The lowest BCUT2D eigenvalue weighted by Gasteiger charge is -2.10. The van der Waals surface area contributed by atoms with Gasteiger partial charge in [0.25, 0.3) is 0 Å². The highest BCUT2D eigenvalue weighted by atomic mass is 19.1. The number of amides is 1. The van der Waals surface area contributed by atoms with Gasteiger partial charge in [-0.25, -0.2) is 9.18 Å². The standard InChI is InChI=1S/C17H19FN2O2/c1-12(17(19)21)20-10-13-5-7-16(8-6-13)22-11-14-3-2-4-15(18)9-14/h2-9,12,20H,10-11H2,1H3,(H2,19,21)/p+1. The summed E-state index contributed by atoms with van der Waals surface area (Å²) in [6, 6.07) is 13.6. The van der Waals surface area contributed by atoms with Gasteiger partial charge in [0.05, 0.1) is 0 Å². The molecular weight excluding hydrogens is 283 g/mol. The quantitative estimate of drug-likeness (QED) is 0.817. The lowest BCUT2D eigenvalue weighted by molar-refractivity contribution is -0.308. The van der Waals surface area contributed by atoms with Gasteiger partial charge in [-0.05, 0) is 42.3 Å². The molecule has 4 N–H and O–H groups in total. The fraction of sp³-hybridized carbons (Fsp3) is 0.235. The van der Waals surface area contributed by atoms with E-state index in [1.54, 1.807) is 13.0 Å². The first-order valence-electron chi connectivity index (χ1n) is 7.10. The number of nitrogens with one attached hydrogen (secondary N) is 1. The smallest absolute Gasteiger partial charge is 0.325 e. The average molecular weight is 303 g/mol. The molecule has 0 saturated carbocycles. The molecule has 1 amide bonds. The van der Waals surface area contributed by atoms with Crippen molar-refractivity contribution >= 4 is 5.91 Å². The molecule has 116 valence electrons. The van der Waals surface area contributed by atoms with Crippen molar-refractivity contribution in [1.29, 1.82) is 0 Å². The summed E-state index contributed by atoms with van der Waals surface area (Å²) in [6.45, 7) is 2.70. The van der Waals surface area contributed by atoms with Gasteiger partial charge < -0.3 is 4.74 Å².